The maximum absolute atomic E-state index is 12.4. The lowest BCUT2D eigenvalue weighted by Gasteiger charge is -2.34. The molecule has 1 saturated heterocycles. The minimum absolute atomic E-state index is 0.120. The van der Waals surface area contributed by atoms with E-state index in [1.54, 1.807) is 23.1 Å². The number of halogens is 2. The first-order valence-corrected chi connectivity index (χ1v) is 6.86. The first-order chi connectivity index (χ1) is 9.00. The highest BCUT2D eigenvalue weighted by Gasteiger charge is 2.28. The van der Waals surface area contributed by atoms with Crippen molar-refractivity contribution in [3.05, 3.63) is 33.8 Å². The molecule has 0 spiro atoms. The molecule has 1 aromatic rings. The number of hydrogen-bond donors (Lipinski definition) is 1. The van der Waals surface area contributed by atoms with Crippen molar-refractivity contribution in [3.63, 3.8) is 0 Å². The van der Waals surface area contributed by atoms with Crippen LogP contribution in [0.1, 0.15) is 17.3 Å². The summed E-state index contributed by atoms with van der Waals surface area (Å²) in [5.41, 5.74) is 6.23. The van der Waals surface area contributed by atoms with Gasteiger partial charge in [-0.1, -0.05) is 29.3 Å². The molecule has 104 valence electrons. The van der Waals surface area contributed by atoms with Crippen molar-refractivity contribution >= 4 is 29.1 Å². The van der Waals surface area contributed by atoms with Crippen LogP contribution in [0.5, 0.6) is 0 Å². The number of ether oxygens (including phenoxy) is 1. The molecular weight excluding hydrogens is 287 g/mol. The molecule has 0 radical (unpaired) electrons. The van der Waals surface area contributed by atoms with Gasteiger partial charge >= 0.3 is 0 Å². The molecule has 1 aliphatic rings. The van der Waals surface area contributed by atoms with Crippen molar-refractivity contribution in [1.82, 2.24) is 4.90 Å². The maximum atomic E-state index is 12.4. The van der Waals surface area contributed by atoms with Gasteiger partial charge < -0.3 is 15.4 Å². The Morgan fingerprint density at radius 3 is 2.95 bits per heavy atom. The Morgan fingerprint density at radius 2 is 2.26 bits per heavy atom. The quantitative estimate of drug-likeness (QED) is 0.911. The van der Waals surface area contributed by atoms with Gasteiger partial charge in [0, 0.05) is 19.1 Å². The standard InChI is InChI=1S/C13H16Cl2N2O2/c1-8(16)11-7-17(5-6-19-11)13(18)9-3-2-4-10(14)12(9)15/h2-4,8,11H,5-7,16H2,1H3/t8-,11-/m1/s1. The summed E-state index contributed by atoms with van der Waals surface area (Å²) in [5.74, 6) is -0.138. The number of carbonyl (C=O) groups excluding carboxylic acids is 1. The summed E-state index contributed by atoms with van der Waals surface area (Å²) in [6.45, 7) is 3.35. The maximum Gasteiger partial charge on any atom is 0.255 e. The van der Waals surface area contributed by atoms with Crippen LogP contribution in [0.2, 0.25) is 10.0 Å². The van der Waals surface area contributed by atoms with Crippen LogP contribution in [0.25, 0.3) is 0 Å². The molecule has 1 aliphatic heterocycles. The van der Waals surface area contributed by atoms with Gasteiger partial charge in [-0.2, -0.15) is 0 Å². The van der Waals surface area contributed by atoms with Crippen LogP contribution in [-0.2, 0) is 4.74 Å². The van der Waals surface area contributed by atoms with Gasteiger partial charge in [-0.15, -0.1) is 0 Å². The molecule has 1 fully saturated rings. The summed E-state index contributed by atoms with van der Waals surface area (Å²) in [4.78, 5) is 14.1. The van der Waals surface area contributed by atoms with Gasteiger partial charge in [0.05, 0.1) is 28.3 Å². The Balaban J connectivity index is 2.17. The van der Waals surface area contributed by atoms with Crippen molar-refractivity contribution in [2.45, 2.75) is 19.1 Å². The zero-order valence-electron chi connectivity index (χ0n) is 10.6. The lowest BCUT2D eigenvalue weighted by Crippen LogP contribution is -2.51. The number of hydrogen-bond acceptors (Lipinski definition) is 3. The molecule has 1 amide bonds. The molecule has 2 rings (SSSR count). The number of rotatable bonds is 2. The second kappa shape index (κ2) is 6.09. The normalized spacial score (nSPS) is 21.3. The predicted molar refractivity (Wildman–Crippen MR) is 75.8 cm³/mol. The third-order valence-electron chi connectivity index (χ3n) is 3.15. The van der Waals surface area contributed by atoms with Gasteiger partial charge in [0.2, 0.25) is 0 Å². The molecule has 1 heterocycles. The van der Waals surface area contributed by atoms with E-state index in [0.29, 0.717) is 30.3 Å². The van der Waals surface area contributed by atoms with Crippen LogP contribution in [0, 0.1) is 0 Å². The monoisotopic (exact) mass is 302 g/mol. The smallest absolute Gasteiger partial charge is 0.255 e. The number of nitrogens with two attached hydrogens (primary N) is 1. The molecule has 6 heteroatoms. The molecule has 0 saturated carbocycles. The highest BCUT2D eigenvalue weighted by molar-refractivity contribution is 6.43. The van der Waals surface area contributed by atoms with Crippen molar-refractivity contribution < 1.29 is 9.53 Å². The zero-order chi connectivity index (χ0) is 14.0. The van der Waals surface area contributed by atoms with E-state index >= 15 is 0 Å². The largest absolute Gasteiger partial charge is 0.373 e. The fourth-order valence-electron chi connectivity index (χ4n) is 2.02. The Bertz CT molecular complexity index is 480. The predicted octanol–water partition coefficient (Wildman–Crippen LogP) is 2.18. The Hall–Kier alpha value is -0.810. The summed E-state index contributed by atoms with van der Waals surface area (Å²) in [6.07, 6.45) is -0.143. The minimum Gasteiger partial charge on any atom is -0.373 e. The molecule has 2 atom stereocenters. The average molecular weight is 303 g/mol. The molecule has 0 aliphatic carbocycles. The molecule has 19 heavy (non-hydrogen) atoms. The van der Waals surface area contributed by atoms with Crippen molar-refractivity contribution in [3.8, 4) is 0 Å². The summed E-state index contributed by atoms with van der Waals surface area (Å²) in [5, 5.41) is 0.669. The van der Waals surface area contributed by atoms with Gasteiger partial charge in [-0.3, -0.25) is 4.79 Å². The van der Waals surface area contributed by atoms with Gasteiger partial charge in [0.25, 0.3) is 5.91 Å². The van der Waals surface area contributed by atoms with E-state index in [-0.39, 0.29) is 23.1 Å². The zero-order valence-corrected chi connectivity index (χ0v) is 12.1. The van der Waals surface area contributed by atoms with Crippen molar-refractivity contribution in [1.29, 1.82) is 0 Å². The lowest BCUT2D eigenvalue weighted by molar-refractivity contribution is -0.0300. The van der Waals surface area contributed by atoms with Gasteiger partial charge in [-0.25, -0.2) is 0 Å². The Labute approximate surface area is 122 Å². The highest BCUT2D eigenvalue weighted by Crippen LogP contribution is 2.27. The summed E-state index contributed by atoms with van der Waals surface area (Å²) in [6, 6.07) is 4.92. The molecular formula is C13H16Cl2N2O2. The Kier molecular flexibility index (Phi) is 4.68. The second-order valence-electron chi connectivity index (χ2n) is 4.62. The van der Waals surface area contributed by atoms with Gasteiger partial charge in [0.1, 0.15) is 0 Å². The fraction of sp³-hybridized carbons (Fsp3) is 0.462. The topological polar surface area (TPSA) is 55.6 Å². The van der Waals surface area contributed by atoms with Crippen LogP contribution >= 0.6 is 23.2 Å². The van der Waals surface area contributed by atoms with Crippen LogP contribution < -0.4 is 5.73 Å². The average Bonchev–Trinajstić information content (AvgIpc) is 2.41. The number of morpholine rings is 1. The molecule has 1 aromatic carbocycles. The number of benzene rings is 1. The van der Waals surface area contributed by atoms with Crippen LogP contribution in [0.15, 0.2) is 18.2 Å². The SMILES string of the molecule is C[C@@H](N)[C@H]1CN(C(=O)c2cccc(Cl)c2Cl)CCO1. The summed E-state index contributed by atoms with van der Waals surface area (Å²) in [7, 11) is 0. The first-order valence-electron chi connectivity index (χ1n) is 6.11. The third-order valence-corrected chi connectivity index (χ3v) is 3.97. The van der Waals surface area contributed by atoms with E-state index < -0.39 is 0 Å². The third kappa shape index (κ3) is 3.20. The number of amides is 1. The van der Waals surface area contributed by atoms with Gasteiger partial charge in [0.15, 0.2) is 0 Å². The van der Waals surface area contributed by atoms with E-state index in [1.807, 2.05) is 6.92 Å². The fourth-order valence-corrected chi connectivity index (χ4v) is 2.40. The highest BCUT2D eigenvalue weighted by atomic mass is 35.5. The van der Waals surface area contributed by atoms with Crippen molar-refractivity contribution in [2.24, 2.45) is 5.73 Å². The second-order valence-corrected chi connectivity index (χ2v) is 5.41. The van der Waals surface area contributed by atoms with Crippen LogP contribution in [0.3, 0.4) is 0 Å². The van der Waals surface area contributed by atoms with Crippen molar-refractivity contribution in [2.75, 3.05) is 19.7 Å². The summed E-state index contributed by atoms with van der Waals surface area (Å²) >= 11 is 12.0. The van der Waals surface area contributed by atoms with E-state index in [4.69, 9.17) is 33.7 Å². The first kappa shape index (κ1) is 14.6. The Morgan fingerprint density at radius 1 is 1.53 bits per heavy atom. The molecule has 4 nitrogen and oxygen atoms in total. The van der Waals surface area contributed by atoms with E-state index in [0.717, 1.165) is 0 Å². The lowest BCUT2D eigenvalue weighted by atomic mass is 10.1. The molecule has 2 N–H and O–H groups in total. The minimum atomic E-state index is -0.143. The molecule has 0 aromatic heterocycles. The van der Waals surface area contributed by atoms with E-state index in [1.165, 1.54) is 0 Å². The summed E-state index contributed by atoms with van der Waals surface area (Å²) < 4.78 is 5.53. The van der Waals surface area contributed by atoms with Crippen LogP contribution in [-0.4, -0.2) is 42.6 Å². The molecule has 0 unspecified atom stereocenters. The number of carbonyl (C=O) groups is 1. The van der Waals surface area contributed by atoms with E-state index in [9.17, 15) is 4.79 Å². The van der Waals surface area contributed by atoms with E-state index in [2.05, 4.69) is 0 Å². The van der Waals surface area contributed by atoms with Gasteiger partial charge in [-0.05, 0) is 19.1 Å². The number of nitrogens with zero attached hydrogens (tertiary/aromatic N) is 1. The molecule has 0 bridgehead atoms. The van der Waals surface area contributed by atoms with Crippen LogP contribution in [0.4, 0.5) is 0 Å².